The Kier molecular flexibility index (Phi) is 5.43. The zero-order valence-corrected chi connectivity index (χ0v) is 15.4. The molecule has 2 amide bonds. The van der Waals surface area contributed by atoms with E-state index in [-0.39, 0.29) is 11.8 Å². The minimum atomic E-state index is -0.172. The third kappa shape index (κ3) is 4.34. The lowest BCUT2D eigenvalue weighted by Gasteiger charge is -2.03. The molecular formula is C20H19N3O2S. The molecule has 6 heteroatoms. The lowest BCUT2D eigenvalue weighted by Crippen LogP contribution is -2.11. The molecule has 1 aromatic heterocycles. The third-order valence-electron chi connectivity index (χ3n) is 3.85. The van der Waals surface area contributed by atoms with E-state index < -0.39 is 0 Å². The first-order chi connectivity index (χ1) is 12.5. The number of nitrogens with one attached hydrogen (secondary N) is 2. The fourth-order valence-corrected chi connectivity index (χ4v) is 3.17. The summed E-state index contributed by atoms with van der Waals surface area (Å²) in [5.41, 5.74) is 4.24. The van der Waals surface area contributed by atoms with E-state index in [1.165, 1.54) is 23.8 Å². The van der Waals surface area contributed by atoms with Crippen LogP contribution in [0.1, 0.15) is 29.8 Å². The number of hydrogen-bond donors (Lipinski definition) is 2. The van der Waals surface area contributed by atoms with E-state index in [4.69, 9.17) is 0 Å². The van der Waals surface area contributed by atoms with Crippen LogP contribution in [-0.4, -0.2) is 16.8 Å². The van der Waals surface area contributed by atoms with Crippen molar-refractivity contribution in [2.45, 2.75) is 20.3 Å². The molecule has 2 N–H and O–H groups in total. The summed E-state index contributed by atoms with van der Waals surface area (Å²) in [5, 5.41) is 8.01. The minimum absolute atomic E-state index is 0.108. The number of carbonyl (C=O) groups excluding carboxylic acids is 2. The van der Waals surface area contributed by atoms with E-state index >= 15 is 0 Å². The monoisotopic (exact) mass is 365 g/mol. The van der Waals surface area contributed by atoms with Gasteiger partial charge in [-0.1, -0.05) is 31.2 Å². The Morgan fingerprint density at radius 1 is 1.00 bits per heavy atom. The molecule has 5 nitrogen and oxygen atoms in total. The molecule has 0 unspecified atom stereocenters. The summed E-state index contributed by atoms with van der Waals surface area (Å²) in [6.45, 7) is 3.55. The Balaban J connectivity index is 1.69. The van der Waals surface area contributed by atoms with E-state index in [0.29, 0.717) is 10.7 Å². The van der Waals surface area contributed by atoms with Crippen LogP contribution in [-0.2, 0) is 11.2 Å². The molecule has 26 heavy (non-hydrogen) atoms. The maximum absolute atomic E-state index is 12.3. The first-order valence-electron chi connectivity index (χ1n) is 8.29. The van der Waals surface area contributed by atoms with Gasteiger partial charge >= 0.3 is 0 Å². The number of amides is 2. The number of thiazole rings is 1. The van der Waals surface area contributed by atoms with Crippen LogP contribution in [0.3, 0.4) is 0 Å². The van der Waals surface area contributed by atoms with Gasteiger partial charge < -0.3 is 5.32 Å². The van der Waals surface area contributed by atoms with E-state index in [2.05, 4.69) is 22.5 Å². The van der Waals surface area contributed by atoms with E-state index in [9.17, 15) is 9.59 Å². The second-order valence-electron chi connectivity index (χ2n) is 5.80. The summed E-state index contributed by atoms with van der Waals surface area (Å²) in [7, 11) is 0. The molecule has 0 spiro atoms. The molecular weight excluding hydrogens is 346 g/mol. The van der Waals surface area contributed by atoms with Gasteiger partial charge in [-0.05, 0) is 36.2 Å². The smallest absolute Gasteiger partial charge is 0.257 e. The topological polar surface area (TPSA) is 71.1 Å². The van der Waals surface area contributed by atoms with E-state index in [0.717, 1.165) is 23.4 Å². The van der Waals surface area contributed by atoms with Crippen molar-refractivity contribution in [3.8, 4) is 11.3 Å². The highest BCUT2D eigenvalue weighted by atomic mass is 32.1. The van der Waals surface area contributed by atoms with Gasteiger partial charge in [0.1, 0.15) is 0 Å². The Labute approximate surface area is 156 Å². The van der Waals surface area contributed by atoms with Crippen molar-refractivity contribution < 1.29 is 9.59 Å². The molecule has 0 radical (unpaired) electrons. The van der Waals surface area contributed by atoms with Crippen LogP contribution in [0, 0.1) is 0 Å². The van der Waals surface area contributed by atoms with Gasteiger partial charge in [-0.3, -0.25) is 14.9 Å². The highest BCUT2D eigenvalue weighted by Crippen LogP contribution is 2.26. The predicted molar refractivity (Wildman–Crippen MR) is 106 cm³/mol. The Morgan fingerprint density at radius 3 is 2.31 bits per heavy atom. The summed E-state index contributed by atoms with van der Waals surface area (Å²) in [6, 6.07) is 15.0. The predicted octanol–water partition coefficient (Wildman–Crippen LogP) is 4.58. The second kappa shape index (κ2) is 7.93. The van der Waals surface area contributed by atoms with Crippen molar-refractivity contribution >= 4 is 34.0 Å². The summed E-state index contributed by atoms with van der Waals surface area (Å²) < 4.78 is 0. The largest absolute Gasteiger partial charge is 0.326 e. The number of hydrogen-bond acceptors (Lipinski definition) is 4. The number of nitrogens with zero attached hydrogens (tertiary/aromatic N) is 1. The van der Waals surface area contributed by atoms with E-state index in [1.54, 1.807) is 0 Å². The van der Waals surface area contributed by atoms with Crippen molar-refractivity contribution in [2.75, 3.05) is 10.6 Å². The quantitative estimate of drug-likeness (QED) is 0.695. The average Bonchev–Trinajstić information content (AvgIpc) is 3.10. The molecule has 2 aromatic carbocycles. The van der Waals surface area contributed by atoms with Crippen LogP contribution < -0.4 is 10.6 Å². The molecule has 0 aliphatic carbocycles. The lowest BCUT2D eigenvalue weighted by atomic mass is 10.1. The zero-order chi connectivity index (χ0) is 18.5. The summed E-state index contributed by atoms with van der Waals surface area (Å²) in [4.78, 5) is 27.9. The van der Waals surface area contributed by atoms with Gasteiger partial charge in [0.15, 0.2) is 5.13 Å². The van der Waals surface area contributed by atoms with Crippen LogP contribution >= 0.6 is 11.3 Å². The molecule has 0 fully saturated rings. The maximum Gasteiger partial charge on any atom is 0.257 e. The molecule has 0 atom stereocenters. The number of benzene rings is 2. The molecule has 0 aliphatic rings. The lowest BCUT2D eigenvalue weighted by molar-refractivity contribution is -0.114. The van der Waals surface area contributed by atoms with Crippen molar-refractivity contribution in [3.63, 3.8) is 0 Å². The SMILES string of the molecule is CCc1ccc(C(=O)Nc2nc(-c3ccc(NC(C)=O)cc3)cs2)cc1. The number of carbonyl (C=O) groups is 2. The van der Waals surface area contributed by atoms with Gasteiger partial charge in [0, 0.05) is 29.1 Å². The molecule has 0 saturated carbocycles. The number of rotatable bonds is 5. The number of aryl methyl sites for hydroxylation is 1. The van der Waals surface area contributed by atoms with Gasteiger partial charge in [-0.2, -0.15) is 0 Å². The first kappa shape index (κ1) is 17.8. The third-order valence-corrected chi connectivity index (χ3v) is 4.61. The van der Waals surface area contributed by atoms with Crippen molar-refractivity contribution in [1.29, 1.82) is 0 Å². The van der Waals surface area contributed by atoms with Crippen LogP contribution in [0.2, 0.25) is 0 Å². The van der Waals surface area contributed by atoms with Crippen LogP contribution in [0.15, 0.2) is 53.9 Å². The first-order valence-corrected chi connectivity index (χ1v) is 9.17. The highest BCUT2D eigenvalue weighted by molar-refractivity contribution is 7.14. The molecule has 1 heterocycles. The Bertz CT molecular complexity index is 915. The Hall–Kier alpha value is -2.99. The standard InChI is InChI=1S/C20H19N3O2S/c1-3-14-4-6-16(7-5-14)19(25)23-20-22-18(12-26-20)15-8-10-17(11-9-15)21-13(2)24/h4-12H,3H2,1-2H3,(H,21,24)(H,22,23,25). The van der Waals surface area contributed by atoms with Gasteiger partial charge in [0.25, 0.3) is 5.91 Å². The minimum Gasteiger partial charge on any atom is -0.326 e. The van der Waals surface area contributed by atoms with Gasteiger partial charge in [0.2, 0.25) is 5.91 Å². The van der Waals surface area contributed by atoms with Crippen molar-refractivity contribution in [1.82, 2.24) is 4.98 Å². The molecule has 132 valence electrons. The summed E-state index contributed by atoms with van der Waals surface area (Å²) in [5.74, 6) is -0.280. The number of anilines is 2. The zero-order valence-electron chi connectivity index (χ0n) is 14.6. The molecule has 3 rings (SSSR count). The molecule has 0 saturated heterocycles. The van der Waals surface area contributed by atoms with E-state index in [1.807, 2.05) is 53.9 Å². The second-order valence-corrected chi connectivity index (χ2v) is 6.66. The summed E-state index contributed by atoms with van der Waals surface area (Å²) in [6.07, 6.45) is 0.943. The number of aromatic nitrogens is 1. The molecule has 3 aromatic rings. The average molecular weight is 365 g/mol. The van der Waals surface area contributed by atoms with Crippen LogP contribution in [0.5, 0.6) is 0 Å². The van der Waals surface area contributed by atoms with Gasteiger partial charge in [-0.25, -0.2) is 4.98 Å². The maximum atomic E-state index is 12.3. The van der Waals surface area contributed by atoms with Gasteiger partial charge in [-0.15, -0.1) is 11.3 Å². The Morgan fingerprint density at radius 2 is 1.69 bits per heavy atom. The fraction of sp³-hybridized carbons (Fsp3) is 0.150. The summed E-state index contributed by atoms with van der Waals surface area (Å²) >= 11 is 1.38. The van der Waals surface area contributed by atoms with Crippen LogP contribution in [0.25, 0.3) is 11.3 Å². The highest BCUT2D eigenvalue weighted by Gasteiger charge is 2.10. The van der Waals surface area contributed by atoms with Crippen molar-refractivity contribution in [3.05, 3.63) is 65.0 Å². The van der Waals surface area contributed by atoms with Gasteiger partial charge in [0.05, 0.1) is 5.69 Å². The fourth-order valence-electron chi connectivity index (χ4n) is 2.45. The molecule has 0 aliphatic heterocycles. The van der Waals surface area contributed by atoms with Crippen LogP contribution in [0.4, 0.5) is 10.8 Å². The normalized spacial score (nSPS) is 10.4. The molecule has 0 bridgehead atoms. The van der Waals surface area contributed by atoms with Crippen molar-refractivity contribution in [2.24, 2.45) is 0 Å².